The Morgan fingerprint density at radius 2 is 2.17 bits per heavy atom. The van der Waals surface area contributed by atoms with Crippen LogP contribution in [0.2, 0.25) is 0 Å². The molecule has 0 unspecified atom stereocenters. The first-order chi connectivity index (χ1) is 11.1. The molecule has 3 rings (SSSR count). The molecule has 1 saturated heterocycles. The van der Waals surface area contributed by atoms with E-state index < -0.39 is 0 Å². The van der Waals surface area contributed by atoms with Crippen LogP contribution in [0.15, 0.2) is 0 Å². The lowest BCUT2D eigenvalue weighted by atomic mass is 9.94. The van der Waals surface area contributed by atoms with E-state index in [0.29, 0.717) is 38.4 Å². The maximum absolute atomic E-state index is 13.0. The summed E-state index contributed by atoms with van der Waals surface area (Å²) in [5, 5.41) is 14.5. The van der Waals surface area contributed by atoms with Gasteiger partial charge in [0, 0.05) is 32.0 Å². The smallest absolute Gasteiger partial charge is 0.242 e. The van der Waals surface area contributed by atoms with Crippen molar-refractivity contribution in [3.8, 4) is 0 Å². The number of fused-ring (bicyclic) bond motifs is 1. The molecule has 0 radical (unpaired) electrons. The lowest BCUT2D eigenvalue weighted by Crippen LogP contribution is -2.58. The van der Waals surface area contributed by atoms with Crippen molar-refractivity contribution in [2.24, 2.45) is 11.8 Å². The summed E-state index contributed by atoms with van der Waals surface area (Å²) in [5.74, 6) is 1.22. The summed E-state index contributed by atoms with van der Waals surface area (Å²) in [6, 6.07) is -0.337. The highest BCUT2D eigenvalue weighted by molar-refractivity contribution is 5.89. The Morgan fingerprint density at radius 1 is 1.35 bits per heavy atom. The second kappa shape index (κ2) is 6.64. The Labute approximate surface area is 135 Å². The maximum atomic E-state index is 13.0. The van der Waals surface area contributed by atoms with Crippen LogP contribution >= 0.6 is 0 Å². The van der Waals surface area contributed by atoms with E-state index in [-0.39, 0.29) is 23.8 Å². The van der Waals surface area contributed by atoms with Gasteiger partial charge in [-0.15, -0.1) is 5.10 Å². The minimum atomic E-state index is -0.337. The monoisotopic (exact) mass is 320 g/mol. The first-order valence-corrected chi connectivity index (χ1v) is 8.39. The van der Waals surface area contributed by atoms with Gasteiger partial charge in [-0.2, -0.15) is 0 Å². The third-order valence-electron chi connectivity index (χ3n) is 4.67. The van der Waals surface area contributed by atoms with E-state index in [1.165, 1.54) is 0 Å². The van der Waals surface area contributed by atoms with Gasteiger partial charge in [0.15, 0.2) is 5.82 Å². The number of rotatable bonds is 3. The number of aromatic nitrogens is 4. The summed E-state index contributed by atoms with van der Waals surface area (Å²) in [5.41, 5.74) is 0. The van der Waals surface area contributed by atoms with Crippen molar-refractivity contribution in [2.75, 3.05) is 13.1 Å². The van der Waals surface area contributed by atoms with Crippen LogP contribution in [-0.4, -0.2) is 56.1 Å². The number of tetrazole rings is 1. The zero-order valence-electron chi connectivity index (χ0n) is 13.7. The van der Waals surface area contributed by atoms with Crippen LogP contribution in [0.5, 0.6) is 0 Å². The van der Waals surface area contributed by atoms with Gasteiger partial charge in [-0.05, 0) is 35.6 Å². The number of piperazine rings is 1. The van der Waals surface area contributed by atoms with E-state index in [1.807, 2.05) is 0 Å². The number of hydrogen-bond acceptors (Lipinski definition) is 5. The highest BCUT2D eigenvalue weighted by Gasteiger charge is 2.36. The first kappa shape index (κ1) is 15.9. The van der Waals surface area contributed by atoms with E-state index in [2.05, 4.69) is 34.7 Å². The lowest BCUT2D eigenvalue weighted by molar-refractivity contribution is -0.147. The molecule has 1 N–H and O–H groups in total. The topological polar surface area (TPSA) is 93.0 Å². The molecule has 0 saturated carbocycles. The summed E-state index contributed by atoms with van der Waals surface area (Å²) >= 11 is 0. The van der Waals surface area contributed by atoms with Gasteiger partial charge < -0.3 is 10.2 Å². The number of aryl methyl sites for hydroxylation is 2. The summed E-state index contributed by atoms with van der Waals surface area (Å²) in [6.07, 6.45) is 2.88. The van der Waals surface area contributed by atoms with Crippen LogP contribution in [0.1, 0.15) is 38.9 Å². The first-order valence-electron chi connectivity index (χ1n) is 8.39. The van der Waals surface area contributed by atoms with Crippen LogP contribution in [0.25, 0.3) is 0 Å². The zero-order chi connectivity index (χ0) is 16.4. The summed E-state index contributed by atoms with van der Waals surface area (Å²) in [4.78, 5) is 27.0. The molecule has 126 valence electrons. The second-order valence-corrected chi connectivity index (χ2v) is 6.81. The molecular weight excluding hydrogens is 296 g/mol. The Bertz CT molecular complexity index is 562. The average Bonchev–Trinajstić information content (AvgIpc) is 2.87. The molecule has 0 aliphatic carbocycles. The zero-order valence-corrected chi connectivity index (χ0v) is 13.7. The number of carbonyl (C=O) groups excluding carboxylic acids is 2. The fourth-order valence-corrected chi connectivity index (χ4v) is 3.44. The summed E-state index contributed by atoms with van der Waals surface area (Å²) in [6.45, 7) is 5.96. The standard InChI is InChI=1S/C15H24N6O2/c1-10(2)9-12-14(22)16-6-8-20(12)15(23)11-3-4-13-17-18-19-21(13)7-5-11/h10-12H,3-9H2,1-2H3,(H,16,22)/t11-,12+/m0/s1. The van der Waals surface area contributed by atoms with Gasteiger partial charge in [0.2, 0.25) is 11.8 Å². The highest BCUT2D eigenvalue weighted by atomic mass is 16.2. The molecule has 1 aromatic rings. The Morgan fingerprint density at radius 3 is 2.96 bits per heavy atom. The molecule has 8 nitrogen and oxygen atoms in total. The quantitative estimate of drug-likeness (QED) is 0.846. The average molecular weight is 320 g/mol. The van der Waals surface area contributed by atoms with Crippen LogP contribution < -0.4 is 5.32 Å². The van der Waals surface area contributed by atoms with Crippen molar-refractivity contribution in [2.45, 2.75) is 52.1 Å². The van der Waals surface area contributed by atoms with Crippen LogP contribution in [-0.2, 0) is 22.6 Å². The van der Waals surface area contributed by atoms with Gasteiger partial charge in [-0.25, -0.2) is 4.68 Å². The van der Waals surface area contributed by atoms with Gasteiger partial charge in [0.05, 0.1) is 0 Å². The van der Waals surface area contributed by atoms with Crippen LogP contribution in [0, 0.1) is 11.8 Å². The second-order valence-electron chi connectivity index (χ2n) is 6.81. The number of hydrogen-bond donors (Lipinski definition) is 1. The molecule has 1 aromatic heterocycles. The SMILES string of the molecule is CC(C)C[C@@H]1C(=O)NCCN1C(=O)[C@H]1CCc2nnnn2CC1. The fourth-order valence-electron chi connectivity index (χ4n) is 3.44. The highest BCUT2D eigenvalue weighted by Crippen LogP contribution is 2.24. The van der Waals surface area contributed by atoms with Crippen molar-refractivity contribution >= 4 is 11.8 Å². The molecule has 2 aliphatic heterocycles. The van der Waals surface area contributed by atoms with E-state index >= 15 is 0 Å². The molecule has 0 spiro atoms. The van der Waals surface area contributed by atoms with Crippen molar-refractivity contribution in [3.05, 3.63) is 5.82 Å². The number of carbonyl (C=O) groups is 2. The number of nitrogens with zero attached hydrogens (tertiary/aromatic N) is 5. The largest absolute Gasteiger partial charge is 0.353 e. The third-order valence-corrected chi connectivity index (χ3v) is 4.67. The van der Waals surface area contributed by atoms with Crippen LogP contribution in [0.4, 0.5) is 0 Å². The predicted molar refractivity (Wildman–Crippen MR) is 82.2 cm³/mol. The minimum absolute atomic E-state index is 0.0225. The van der Waals surface area contributed by atoms with E-state index in [0.717, 1.165) is 18.7 Å². The normalized spacial score (nSPS) is 25.0. The van der Waals surface area contributed by atoms with Crippen molar-refractivity contribution in [1.29, 1.82) is 0 Å². The minimum Gasteiger partial charge on any atom is -0.353 e. The van der Waals surface area contributed by atoms with Gasteiger partial charge in [-0.1, -0.05) is 13.8 Å². The molecule has 3 heterocycles. The molecule has 2 aliphatic rings. The lowest BCUT2D eigenvalue weighted by Gasteiger charge is -2.37. The van der Waals surface area contributed by atoms with Crippen molar-refractivity contribution in [3.63, 3.8) is 0 Å². The van der Waals surface area contributed by atoms with E-state index in [1.54, 1.807) is 9.58 Å². The molecule has 0 bridgehead atoms. The molecule has 2 amide bonds. The van der Waals surface area contributed by atoms with Crippen molar-refractivity contribution < 1.29 is 9.59 Å². The van der Waals surface area contributed by atoms with Gasteiger partial charge in [0.25, 0.3) is 0 Å². The number of amides is 2. The molecule has 23 heavy (non-hydrogen) atoms. The molecule has 2 atom stereocenters. The van der Waals surface area contributed by atoms with Crippen molar-refractivity contribution in [1.82, 2.24) is 30.4 Å². The van der Waals surface area contributed by atoms with Gasteiger partial charge in [-0.3, -0.25) is 9.59 Å². The Hall–Kier alpha value is -1.99. The number of nitrogens with one attached hydrogen (secondary N) is 1. The predicted octanol–water partition coefficient (Wildman–Crippen LogP) is -0.00130. The molecular formula is C15H24N6O2. The summed E-state index contributed by atoms with van der Waals surface area (Å²) < 4.78 is 1.78. The fraction of sp³-hybridized carbons (Fsp3) is 0.800. The third kappa shape index (κ3) is 3.35. The molecule has 1 fully saturated rings. The molecule has 8 heteroatoms. The summed E-state index contributed by atoms with van der Waals surface area (Å²) in [7, 11) is 0. The van der Waals surface area contributed by atoms with Gasteiger partial charge >= 0.3 is 0 Å². The Kier molecular flexibility index (Phi) is 4.58. The maximum Gasteiger partial charge on any atom is 0.242 e. The van der Waals surface area contributed by atoms with E-state index in [9.17, 15) is 9.59 Å². The van der Waals surface area contributed by atoms with Gasteiger partial charge in [0.1, 0.15) is 6.04 Å². The Balaban J connectivity index is 1.70. The van der Waals surface area contributed by atoms with Crippen LogP contribution in [0.3, 0.4) is 0 Å². The molecule has 0 aromatic carbocycles. The van der Waals surface area contributed by atoms with E-state index in [4.69, 9.17) is 0 Å².